The average molecular weight is 498 g/mol. The normalized spacial score (nSPS) is 18.5. The van der Waals surface area contributed by atoms with Gasteiger partial charge in [0.2, 0.25) is 0 Å². The summed E-state index contributed by atoms with van der Waals surface area (Å²) in [5.41, 5.74) is 0.0680. The topological polar surface area (TPSA) is 39.7 Å². The Balaban J connectivity index is 0.00000338. The Morgan fingerprint density at radius 1 is 1.31 bits per heavy atom. The van der Waals surface area contributed by atoms with E-state index < -0.39 is 17.7 Å². The lowest BCUT2D eigenvalue weighted by Crippen LogP contribution is -2.40. The number of nitrogens with zero attached hydrogens (tertiary/aromatic N) is 2. The maximum atomic E-state index is 14.1. The zero-order chi connectivity index (χ0) is 18.2. The van der Waals surface area contributed by atoms with Crippen molar-refractivity contribution in [3.63, 3.8) is 0 Å². The summed E-state index contributed by atoms with van der Waals surface area (Å²) in [4.78, 5) is 6.36. The van der Waals surface area contributed by atoms with Gasteiger partial charge >= 0.3 is 0 Å². The van der Waals surface area contributed by atoms with Gasteiger partial charge in [0, 0.05) is 23.9 Å². The van der Waals surface area contributed by atoms with E-state index in [1.165, 1.54) is 36.8 Å². The van der Waals surface area contributed by atoms with Gasteiger partial charge in [0.25, 0.3) is 0 Å². The minimum absolute atomic E-state index is 0. The molecule has 1 aromatic rings. The molecule has 2 rings (SSSR count). The fourth-order valence-electron chi connectivity index (χ4n) is 2.88. The average Bonchev–Trinajstić information content (AvgIpc) is 3.08. The Labute approximate surface area is 176 Å². The molecule has 1 heterocycles. The second-order valence-corrected chi connectivity index (χ2v) is 7.76. The molecule has 0 bridgehead atoms. The first-order valence-corrected chi connectivity index (χ1v) is 9.82. The third-order valence-electron chi connectivity index (χ3n) is 4.24. The van der Waals surface area contributed by atoms with E-state index in [1.54, 1.807) is 4.90 Å². The summed E-state index contributed by atoms with van der Waals surface area (Å²) in [6.07, 6.45) is 2.48. The Bertz CT molecular complexity index is 560. The predicted octanol–water partition coefficient (Wildman–Crippen LogP) is 3.64. The van der Waals surface area contributed by atoms with E-state index in [4.69, 9.17) is 0 Å². The Kier molecular flexibility index (Phi) is 10.8. The van der Waals surface area contributed by atoms with Crippen molar-refractivity contribution in [2.45, 2.75) is 31.1 Å². The first-order valence-electron chi connectivity index (χ1n) is 8.77. The van der Waals surface area contributed by atoms with Crippen LogP contribution in [-0.2, 0) is 0 Å². The molecule has 26 heavy (non-hydrogen) atoms. The number of benzene rings is 1. The van der Waals surface area contributed by atoms with Crippen LogP contribution in [0.4, 0.5) is 8.78 Å². The second-order valence-electron chi connectivity index (χ2n) is 6.35. The summed E-state index contributed by atoms with van der Waals surface area (Å²) >= 11 is 1.98. The molecule has 0 radical (unpaired) electrons. The van der Waals surface area contributed by atoms with Crippen molar-refractivity contribution in [1.82, 2.24) is 15.5 Å². The molecule has 1 aromatic carbocycles. The summed E-state index contributed by atoms with van der Waals surface area (Å²) in [5.74, 6) is 0.844. The second kappa shape index (κ2) is 12.0. The third-order valence-corrected chi connectivity index (χ3v) is 5.64. The largest absolute Gasteiger partial charge is 0.357 e. The molecular formula is C18H29F2IN4S. The molecule has 1 saturated heterocycles. The van der Waals surface area contributed by atoms with Gasteiger partial charge in [0.15, 0.2) is 5.96 Å². The highest BCUT2D eigenvalue weighted by molar-refractivity contribution is 14.0. The summed E-state index contributed by atoms with van der Waals surface area (Å²) in [5, 5.41) is 7.16. The Hall–Kier alpha value is -0.610. The van der Waals surface area contributed by atoms with Crippen LogP contribution in [0.1, 0.15) is 31.4 Å². The van der Waals surface area contributed by atoms with E-state index in [2.05, 4.69) is 15.6 Å². The summed E-state index contributed by atoms with van der Waals surface area (Å²) in [6.45, 7) is 3.88. The van der Waals surface area contributed by atoms with Crippen LogP contribution in [0.25, 0.3) is 0 Å². The van der Waals surface area contributed by atoms with Gasteiger partial charge < -0.3 is 15.5 Å². The third kappa shape index (κ3) is 6.84. The molecule has 0 aromatic heterocycles. The zero-order valence-electron chi connectivity index (χ0n) is 15.6. The molecule has 8 heteroatoms. The minimum Gasteiger partial charge on any atom is -0.357 e. The molecule has 2 atom stereocenters. The van der Waals surface area contributed by atoms with Crippen LogP contribution in [0.2, 0.25) is 0 Å². The van der Waals surface area contributed by atoms with Crippen molar-refractivity contribution in [2.75, 3.05) is 39.5 Å². The van der Waals surface area contributed by atoms with E-state index in [0.29, 0.717) is 11.2 Å². The maximum Gasteiger partial charge on any atom is 0.191 e. The highest BCUT2D eigenvalue weighted by atomic mass is 127. The molecule has 1 fully saturated rings. The van der Waals surface area contributed by atoms with Crippen LogP contribution in [0.15, 0.2) is 23.2 Å². The highest BCUT2D eigenvalue weighted by Crippen LogP contribution is 2.26. The smallest absolute Gasteiger partial charge is 0.191 e. The van der Waals surface area contributed by atoms with Crippen molar-refractivity contribution in [2.24, 2.45) is 4.99 Å². The van der Waals surface area contributed by atoms with Gasteiger partial charge in [-0.2, -0.15) is 11.8 Å². The van der Waals surface area contributed by atoms with Crippen LogP contribution in [-0.4, -0.2) is 55.6 Å². The molecule has 2 N–H and O–H groups in total. The van der Waals surface area contributed by atoms with E-state index in [9.17, 15) is 8.78 Å². The minimum atomic E-state index is -0.533. The number of hydrogen-bond acceptors (Lipinski definition) is 3. The predicted molar refractivity (Wildman–Crippen MR) is 118 cm³/mol. The van der Waals surface area contributed by atoms with E-state index in [1.807, 2.05) is 32.8 Å². The van der Waals surface area contributed by atoms with E-state index >= 15 is 0 Å². The summed E-state index contributed by atoms with van der Waals surface area (Å²) in [6, 6.07) is 3.51. The van der Waals surface area contributed by atoms with Gasteiger partial charge in [-0.25, -0.2) is 8.78 Å². The zero-order valence-corrected chi connectivity index (χ0v) is 18.7. The van der Waals surface area contributed by atoms with Crippen molar-refractivity contribution < 1.29 is 8.78 Å². The standard InChI is InChI=1S/C18H28F2N4S.HI/c1-4-21-18(22-11-13-7-6-10-25-13)23-12-16(24(2)3)17-14(19)8-5-9-15(17)20;/h5,8-9,13,16H,4,6-7,10-12H2,1-3H3,(H2,21,22,23);1H. The number of rotatable bonds is 7. The first kappa shape index (κ1) is 23.4. The Morgan fingerprint density at radius 2 is 2.00 bits per heavy atom. The van der Waals surface area contributed by atoms with Crippen molar-refractivity contribution in [3.05, 3.63) is 35.4 Å². The van der Waals surface area contributed by atoms with Gasteiger partial charge in [-0.05, 0) is 51.7 Å². The molecule has 2 unspecified atom stereocenters. The van der Waals surface area contributed by atoms with Gasteiger partial charge in [0.1, 0.15) is 11.6 Å². The summed E-state index contributed by atoms with van der Waals surface area (Å²) in [7, 11) is 3.61. The molecule has 4 nitrogen and oxygen atoms in total. The number of halogens is 3. The van der Waals surface area contributed by atoms with Crippen molar-refractivity contribution >= 4 is 41.7 Å². The van der Waals surface area contributed by atoms with E-state index in [-0.39, 0.29) is 36.1 Å². The fourth-order valence-corrected chi connectivity index (χ4v) is 4.08. The molecular weight excluding hydrogens is 469 g/mol. The van der Waals surface area contributed by atoms with Crippen molar-refractivity contribution in [3.8, 4) is 0 Å². The lowest BCUT2D eigenvalue weighted by Gasteiger charge is -2.24. The lowest BCUT2D eigenvalue weighted by molar-refractivity contribution is 0.290. The highest BCUT2D eigenvalue weighted by Gasteiger charge is 2.22. The van der Waals surface area contributed by atoms with Gasteiger partial charge in [0.05, 0.1) is 12.6 Å². The van der Waals surface area contributed by atoms with Gasteiger partial charge in [-0.3, -0.25) is 4.99 Å². The fraction of sp³-hybridized carbons (Fsp3) is 0.611. The Morgan fingerprint density at radius 3 is 2.54 bits per heavy atom. The SMILES string of the molecule is CCNC(=NCC(c1c(F)cccc1F)N(C)C)NCC1CCCS1.I. The van der Waals surface area contributed by atoms with Crippen LogP contribution in [0.5, 0.6) is 0 Å². The molecule has 1 aliphatic rings. The molecule has 0 spiro atoms. The quantitative estimate of drug-likeness (QED) is 0.342. The number of hydrogen-bond donors (Lipinski definition) is 2. The number of nitrogens with one attached hydrogen (secondary N) is 2. The van der Waals surface area contributed by atoms with Gasteiger partial charge in [-0.1, -0.05) is 6.07 Å². The maximum absolute atomic E-state index is 14.1. The van der Waals surface area contributed by atoms with Gasteiger partial charge in [-0.15, -0.1) is 24.0 Å². The van der Waals surface area contributed by atoms with Crippen molar-refractivity contribution in [1.29, 1.82) is 0 Å². The molecule has 1 aliphatic heterocycles. The van der Waals surface area contributed by atoms with Crippen LogP contribution >= 0.6 is 35.7 Å². The molecule has 148 valence electrons. The number of likely N-dealkylation sites (N-methyl/N-ethyl adjacent to an activating group) is 1. The van der Waals surface area contributed by atoms with Crippen LogP contribution in [0, 0.1) is 11.6 Å². The first-order chi connectivity index (χ1) is 12.0. The van der Waals surface area contributed by atoms with Crippen LogP contribution < -0.4 is 10.6 Å². The van der Waals surface area contributed by atoms with Crippen LogP contribution in [0.3, 0.4) is 0 Å². The molecule has 0 amide bonds. The van der Waals surface area contributed by atoms with E-state index in [0.717, 1.165) is 13.1 Å². The lowest BCUT2D eigenvalue weighted by atomic mass is 10.0. The summed E-state index contributed by atoms with van der Waals surface area (Å²) < 4.78 is 28.3. The number of guanidine groups is 1. The molecule has 0 saturated carbocycles. The monoisotopic (exact) mass is 498 g/mol. The number of thioether (sulfide) groups is 1. The number of aliphatic imine (C=N–C) groups is 1. The molecule has 0 aliphatic carbocycles.